The number of aliphatic carboxylic acids is 1. The van der Waals surface area contributed by atoms with Gasteiger partial charge in [-0.3, -0.25) is 9.69 Å². The van der Waals surface area contributed by atoms with Crippen molar-refractivity contribution in [3.63, 3.8) is 0 Å². The fourth-order valence-corrected chi connectivity index (χ4v) is 2.30. The van der Waals surface area contributed by atoms with Gasteiger partial charge < -0.3 is 5.11 Å². The van der Waals surface area contributed by atoms with E-state index in [-0.39, 0.29) is 12.0 Å². The van der Waals surface area contributed by atoms with Gasteiger partial charge in [0.15, 0.2) is 0 Å². The highest BCUT2D eigenvalue weighted by Crippen LogP contribution is 2.28. The summed E-state index contributed by atoms with van der Waals surface area (Å²) in [4.78, 5) is 13.0. The standard InChI is InChI=1S/C10H19NO2/c1-8-5-4-6-11(8)10(2,3)7-9(12)13/h8H,4-7H2,1-3H3,(H,12,13). The van der Waals surface area contributed by atoms with Gasteiger partial charge in [0.05, 0.1) is 6.42 Å². The van der Waals surface area contributed by atoms with Crippen molar-refractivity contribution in [1.82, 2.24) is 4.90 Å². The molecule has 1 N–H and O–H groups in total. The Hall–Kier alpha value is -0.570. The smallest absolute Gasteiger partial charge is 0.305 e. The van der Waals surface area contributed by atoms with Crippen molar-refractivity contribution in [1.29, 1.82) is 0 Å². The summed E-state index contributed by atoms with van der Waals surface area (Å²) in [5.41, 5.74) is -0.193. The van der Waals surface area contributed by atoms with Crippen LogP contribution >= 0.6 is 0 Å². The van der Waals surface area contributed by atoms with Crippen molar-refractivity contribution in [3.8, 4) is 0 Å². The largest absolute Gasteiger partial charge is 0.481 e. The number of carboxylic acids is 1. The minimum Gasteiger partial charge on any atom is -0.481 e. The predicted molar refractivity (Wildman–Crippen MR) is 51.7 cm³/mol. The number of likely N-dealkylation sites (tertiary alicyclic amines) is 1. The lowest BCUT2D eigenvalue weighted by Gasteiger charge is -2.37. The first-order valence-electron chi connectivity index (χ1n) is 4.92. The van der Waals surface area contributed by atoms with Crippen LogP contribution in [-0.4, -0.2) is 34.1 Å². The summed E-state index contributed by atoms with van der Waals surface area (Å²) in [6.07, 6.45) is 2.63. The van der Waals surface area contributed by atoms with Gasteiger partial charge in [0, 0.05) is 11.6 Å². The summed E-state index contributed by atoms with van der Waals surface area (Å²) >= 11 is 0. The van der Waals surface area contributed by atoms with Crippen molar-refractivity contribution < 1.29 is 9.90 Å². The maximum Gasteiger partial charge on any atom is 0.305 e. The average molecular weight is 185 g/mol. The first-order valence-corrected chi connectivity index (χ1v) is 4.92. The molecule has 0 aromatic heterocycles. The first kappa shape index (κ1) is 10.5. The number of hydrogen-bond acceptors (Lipinski definition) is 2. The van der Waals surface area contributed by atoms with E-state index in [9.17, 15) is 4.79 Å². The molecule has 1 atom stereocenters. The Morgan fingerprint density at radius 1 is 1.62 bits per heavy atom. The van der Waals surface area contributed by atoms with E-state index >= 15 is 0 Å². The van der Waals surface area contributed by atoms with Crippen LogP contribution in [0.25, 0.3) is 0 Å². The van der Waals surface area contributed by atoms with Crippen LogP contribution in [0.15, 0.2) is 0 Å². The van der Waals surface area contributed by atoms with Crippen molar-refractivity contribution in [2.45, 2.75) is 51.6 Å². The molecule has 0 amide bonds. The van der Waals surface area contributed by atoms with Crippen LogP contribution in [0.1, 0.15) is 40.0 Å². The molecule has 76 valence electrons. The molecule has 1 saturated heterocycles. The third-order valence-corrected chi connectivity index (χ3v) is 2.91. The number of hydrogen-bond donors (Lipinski definition) is 1. The fourth-order valence-electron chi connectivity index (χ4n) is 2.30. The second kappa shape index (κ2) is 3.66. The Labute approximate surface area is 79.7 Å². The van der Waals surface area contributed by atoms with Crippen LogP contribution in [-0.2, 0) is 4.79 Å². The highest BCUT2D eigenvalue weighted by molar-refractivity contribution is 5.68. The molecule has 1 rings (SSSR count). The lowest BCUT2D eigenvalue weighted by molar-refractivity contribution is -0.140. The number of carboxylic acid groups (broad SMARTS) is 1. The van der Waals surface area contributed by atoms with Crippen LogP contribution in [0.5, 0.6) is 0 Å². The maximum absolute atomic E-state index is 10.7. The molecule has 0 bridgehead atoms. The summed E-state index contributed by atoms with van der Waals surface area (Å²) in [6.45, 7) is 7.25. The lowest BCUT2D eigenvalue weighted by Crippen LogP contribution is -2.47. The van der Waals surface area contributed by atoms with Crippen molar-refractivity contribution in [2.24, 2.45) is 0 Å². The molecule has 1 aliphatic heterocycles. The van der Waals surface area contributed by atoms with Gasteiger partial charge in [-0.05, 0) is 40.2 Å². The lowest BCUT2D eigenvalue weighted by atomic mass is 9.97. The van der Waals surface area contributed by atoms with Gasteiger partial charge in [0.25, 0.3) is 0 Å². The molecule has 1 unspecified atom stereocenters. The van der Waals surface area contributed by atoms with Gasteiger partial charge in [-0.25, -0.2) is 0 Å². The van der Waals surface area contributed by atoms with Crippen LogP contribution in [0.4, 0.5) is 0 Å². The molecule has 0 aromatic rings. The molecular weight excluding hydrogens is 166 g/mol. The normalized spacial score (nSPS) is 25.0. The SMILES string of the molecule is CC1CCCN1C(C)(C)CC(=O)O. The number of rotatable bonds is 3. The number of carbonyl (C=O) groups is 1. The first-order chi connectivity index (χ1) is 5.93. The van der Waals surface area contributed by atoms with Crippen LogP contribution in [0, 0.1) is 0 Å². The molecule has 1 heterocycles. The molecule has 0 radical (unpaired) electrons. The Balaban J connectivity index is 2.62. The van der Waals surface area contributed by atoms with E-state index in [1.165, 1.54) is 12.8 Å². The minimum atomic E-state index is -0.705. The highest BCUT2D eigenvalue weighted by atomic mass is 16.4. The second-order valence-corrected chi connectivity index (χ2v) is 4.57. The van der Waals surface area contributed by atoms with Gasteiger partial charge in [-0.1, -0.05) is 0 Å². The highest BCUT2D eigenvalue weighted by Gasteiger charge is 2.35. The van der Waals surface area contributed by atoms with Crippen LogP contribution in [0.2, 0.25) is 0 Å². The van der Waals surface area contributed by atoms with Crippen molar-refractivity contribution in [3.05, 3.63) is 0 Å². The van der Waals surface area contributed by atoms with E-state index < -0.39 is 5.97 Å². The van der Waals surface area contributed by atoms with E-state index in [0.717, 1.165) is 6.54 Å². The Kier molecular flexibility index (Phi) is 2.96. The van der Waals surface area contributed by atoms with Gasteiger partial charge in [-0.2, -0.15) is 0 Å². The zero-order valence-corrected chi connectivity index (χ0v) is 8.71. The molecule has 0 saturated carbocycles. The van der Waals surface area contributed by atoms with Crippen molar-refractivity contribution in [2.75, 3.05) is 6.54 Å². The van der Waals surface area contributed by atoms with Crippen LogP contribution in [0.3, 0.4) is 0 Å². The minimum absolute atomic E-state index is 0.193. The molecular formula is C10H19NO2. The molecule has 0 spiro atoms. The topological polar surface area (TPSA) is 40.5 Å². The molecule has 3 nitrogen and oxygen atoms in total. The monoisotopic (exact) mass is 185 g/mol. The van der Waals surface area contributed by atoms with Crippen molar-refractivity contribution >= 4 is 5.97 Å². The molecule has 0 aliphatic carbocycles. The average Bonchev–Trinajstić information content (AvgIpc) is 2.32. The Morgan fingerprint density at radius 2 is 2.23 bits per heavy atom. The zero-order valence-electron chi connectivity index (χ0n) is 8.71. The summed E-state index contributed by atoms with van der Waals surface area (Å²) in [6, 6.07) is 0.536. The fraction of sp³-hybridized carbons (Fsp3) is 0.900. The predicted octanol–water partition coefficient (Wildman–Crippen LogP) is 1.72. The number of nitrogens with zero attached hydrogens (tertiary/aromatic N) is 1. The third kappa shape index (κ3) is 2.44. The summed E-state index contributed by atoms with van der Waals surface area (Å²) in [5, 5.41) is 8.77. The zero-order chi connectivity index (χ0) is 10.1. The summed E-state index contributed by atoms with van der Waals surface area (Å²) in [5.74, 6) is -0.705. The van der Waals surface area contributed by atoms with Gasteiger partial charge in [-0.15, -0.1) is 0 Å². The Bertz CT molecular complexity index is 201. The second-order valence-electron chi connectivity index (χ2n) is 4.57. The van der Waals surface area contributed by atoms with Gasteiger partial charge in [0.2, 0.25) is 0 Å². The van der Waals surface area contributed by atoms with Gasteiger partial charge >= 0.3 is 5.97 Å². The van der Waals surface area contributed by atoms with E-state index in [0.29, 0.717) is 6.04 Å². The third-order valence-electron chi connectivity index (χ3n) is 2.91. The van der Waals surface area contributed by atoms with E-state index in [1.807, 2.05) is 13.8 Å². The van der Waals surface area contributed by atoms with E-state index in [2.05, 4.69) is 11.8 Å². The van der Waals surface area contributed by atoms with Crippen LogP contribution < -0.4 is 0 Å². The molecule has 13 heavy (non-hydrogen) atoms. The summed E-state index contributed by atoms with van der Waals surface area (Å²) in [7, 11) is 0. The van der Waals surface area contributed by atoms with Gasteiger partial charge in [0.1, 0.15) is 0 Å². The quantitative estimate of drug-likeness (QED) is 0.728. The van der Waals surface area contributed by atoms with E-state index in [1.54, 1.807) is 0 Å². The summed E-state index contributed by atoms with van der Waals surface area (Å²) < 4.78 is 0. The molecule has 0 aromatic carbocycles. The maximum atomic E-state index is 10.7. The Morgan fingerprint density at radius 3 is 2.62 bits per heavy atom. The molecule has 1 aliphatic rings. The molecule has 3 heteroatoms. The molecule has 1 fully saturated rings. The van der Waals surface area contributed by atoms with E-state index in [4.69, 9.17) is 5.11 Å².